The van der Waals surface area contributed by atoms with Crippen LogP contribution in [0.3, 0.4) is 0 Å². The summed E-state index contributed by atoms with van der Waals surface area (Å²) >= 11 is 2.13. The van der Waals surface area contributed by atoms with Gasteiger partial charge in [-0.3, -0.25) is 4.79 Å². The maximum absolute atomic E-state index is 12.3. The molecule has 6 heteroatoms. The van der Waals surface area contributed by atoms with Crippen molar-refractivity contribution in [3.63, 3.8) is 0 Å². The third-order valence-electron chi connectivity index (χ3n) is 2.79. The van der Waals surface area contributed by atoms with E-state index in [1.165, 1.54) is 7.11 Å². The molecule has 0 unspecified atom stereocenters. The third-order valence-corrected chi connectivity index (χ3v) is 3.73. The van der Waals surface area contributed by atoms with Crippen LogP contribution in [0.4, 0.5) is 5.69 Å². The summed E-state index contributed by atoms with van der Waals surface area (Å²) in [7, 11) is 1.51. The number of benzene rings is 1. The van der Waals surface area contributed by atoms with Crippen molar-refractivity contribution in [1.82, 2.24) is 9.97 Å². The van der Waals surface area contributed by atoms with Gasteiger partial charge in [0.1, 0.15) is 0 Å². The molecule has 0 bridgehead atoms. The highest BCUT2D eigenvalue weighted by atomic mass is 127. The zero-order chi connectivity index (χ0) is 14.7. The predicted octanol–water partition coefficient (Wildman–Crippen LogP) is 2.96. The molecule has 0 saturated carbocycles. The Kier molecular flexibility index (Phi) is 4.53. The molecule has 0 atom stereocenters. The van der Waals surface area contributed by atoms with Crippen molar-refractivity contribution in [3.8, 4) is 6.01 Å². The van der Waals surface area contributed by atoms with Crippen LogP contribution in [0.15, 0.2) is 24.3 Å². The van der Waals surface area contributed by atoms with Gasteiger partial charge in [0, 0.05) is 3.57 Å². The molecule has 0 aliphatic carbocycles. The average molecular weight is 383 g/mol. The highest BCUT2D eigenvalue weighted by molar-refractivity contribution is 14.1. The van der Waals surface area contributed by atoms with Crippen LogP contribution in [0.1, 0.15) is 21.7 Å². The van der Waals surface area contributed by atoms with E-state index in [9.17, 15) is 4.79 Å². The summed E-state index contributed by atoms with van der Waals surface area (Å²) in [5.41, 5.74) is 2.60. The number of anilines is 1. The number of carbonyl (C=O) groups excluding carboxylic acids is 1. The molecule has 0 aliphatic rings. The van der Waals surface area contributed by atoms with Gasteiger partial charge >= 0.3 is 6.01 Å². The number of nitrogens with one attached hydrogen (secondary N) is 1. The van der Waals surface area contributed by atoms with Crippen LogP contribution in [0, 0.1) is 17.4 Å². The molecule has 1 aromatic carbocycles. The number of hydrogen-bond donors (Lipinski definition) is 1. The van der Waals surface area contributed by atoms with E-state index in [0.29, 0.717) is 28.6 Å². The van der Waals surface area contributed by atoms with E-state index in [1.54, 1.807) is 6.07 Å². The van der Waals surface area contributed by atoms with Gasteiger partial charge in [-0.05, 0) is 48.6 Å². The Balaban J connectivity index is 2.31. The lowest BCUT2D eigenvalue weighted by atomic mass is 10.2. The molecule has 2 aromatic rings. The van der Waals surface area contributed by atoms with Crippen LogP contribution in [0.5, 0.6) is 6.01 Å². The van der Waals surface area contributed by atoms with Gasteiger partial charge < -0.3 is 10.1 Å². The lowest BCUT2D eigenvalue weighted by Crippen LogP contribution is -2.16. The van der Waals surface area contributed by atoms with E-state index in [0.717, 1.165) is 3.57 Å². The van der Waals surface area contributed by atoms with Gasteiger partial charge in [0.2, 0.25) is 0 Å². The summed E-state index contributed by atoms with van der Waals surface area (Å²) in [6.07, 6.45) is 0. The topological polar surface area (TPSA) is 64.1 Å². The zero-order valence-electron chi connectivity index (χ0n) is 11.4. The molecule has 1 N–H and O–H groups in total. The number of rotatable bonds is 3. The normalized spacial score (nSPS) is 10.2. The van der Waals surface area contributed by atoms with E-state index < -0.39 is 0 Å². The van der Waals surface area contributed by atoms with Crippen molar-refractivity contribution in [2.75, 3.05) is 12.4 Å². The minimum absolute atomic E-state index is 0.171. The Labute approximate surface area is 130 Å². The van der Waals surface area contributed by atoms with Crippen LogP contribution >= 0.6 is 22.6 Å². The molecule has 2 rings (SSSR count). The van der Waals surface area contributed by atoms with Gasteiger partial charge in [0.25, 0.3) is 5.91 Å². The summed E-state index contributed by atoms with van der Waals surface area (Å²) in [5.74, 6) is -0.171. The number of amides is 1. The minimum atomic E-state index is -0.171. The fourth-order valence-electron chi connectivity index (χ4n) is 1.78. The third kappa shape index (κ3) is 3.06. The quantitative estimate of drug-likeness (QED) is 0.828. The van der Waals surface area contributed by atoms with Crippen molar-refractivity contribution in [2.45, 2.75) is 13.8 Å². The number of methoxy groups -OCH3 is 1. The molecule has 104 valence electrons. The smallest absolute Gasteiger partial charge is 0.316 e. The maximum Gasteiger partial charge on any atom is 0.316 e. The Morgan fingerprint density at radius 3 is 2.35 bits per heavy atom. The Hall–Kier alpha value is -1.70. The molecular weight excluding hydrogens is 369 g/mol. The molecular formula is C14H14IN3O2. The molecule has 1 amide bonds. The summed E-state index contributed by atoms with van der Waals surface area (Å²) < 4.78 is 5.90. The lowest BCUT2D eigenvalue weighted by molar-refractivity contribution is 0.102. The van der Waals surface area contributed by atoms with Gasteiger partial charge in [-0.25, -0.2) is 0 Å². The van der Waals surface area contributed by atoms with E-state index in [2.05, 4.69) is 37.9 Å². The molecule has 1 heterocycles. The van der Waals surface area contributed by atoms with Crippen molar-refractivity contribution in [2.24, 2.45) is 0 Å². The van der Waals surface area contributed by atoms with Gasteiger partial charge in [0.05, 0.1) is 29.7 Å². The number of aromatic nitrogens is 2. The molecule has 0 fully saturated rings. The molecule has 0 spiro atoms. The summed E-state index contributed by atoms with van der Waals surface area (Å²) in [6.45, 7) is 3.62. The van der Waals surface area contributed by atoms with Crippen LogP contribution in [0.25, 0.3) is 0 Å². The fraction of sp³-hybridized carbons (Fsp3) is 0.214. The van der Waals surface area contributed by atoms with Gasteiger partial charge in [-0.1, -0.05) is 12.1 Å². The van der Waals surface area contributed by atoms with Gasteiger partial charge in [0.15, 0.2) is 0 Å². The molecule has 20 heavy (non-hydrogen) atoms. The van der Waals surface area contributed by atoms with Crippen LogP contribution < -0.4 is 10.1 Å². The molecule has 1 aromatic heterocycles. The van der Waals surface area contributed by atoms with Crippen molar-refractivity contribution in [1.29, 1.82) is 0 Å². The summed E-state index contributed by atoms with van der Waals surface area (Å²) in [5, 5.41) is 2.86. The highest BCUT2D eigenvalue weighted by Crippen LogP contribution is 2.21. The van der Waals surface area contributed by atoms with Gasteiger partial charge in [-0.15, -0.1) is 0 Å². The summed E-state index contributed by atoms with van der Waals surface area (Å²) in [6, 6.07) is 7.70. The van der Waals surface area contributed by atoms with E-state index in [1.807, 2.05) is 32.0 Å². The van der Waals surface area contributed by atoms with E-state index >= 15 is 0 Å². The fourth-order valence-corrected chi connectivity index (χ4v) is 2.42. The Morgan fingerprint density at radius 2 is 1.80 bits per heavy atom. The Bertz CT molecular complexity index is 636. The maximum atomic E-state index is 12.3. The lowest BCUT2D eigenvalue weighted by Gasteiger charge is -2.12. The van der Waals surface area contributed by atoms with Gasteiger partial charge in [-0.2, -0.15) is 9.97 Å². The number of aryl methyl sites for hydroxylation is 2. The van der Waals surface area contributed by atoms with Crippen LogP contribution in [-0.2, 0) is 0 Å². The largest absolute Gasteiger partial charge is 0.467 e. The first-order chi connectivity index (χ1) is 9.52. The van der Waals surface area contributed by atoms with E-state index in [-0.39, 0.29) is 5.91 Å². The van der Waals surface area contributed by atoms with Crippen LogP contribution in [0.2, 0.25) is 0 Å². The molecule has 0 saturated heterocycles. The standard InChI is InChI=1S/C14H14IN3O2/c1-8-12(9(2)17-14(16-8)20-3)18-13(19)10-6-4-5-7-11(10)15/h4-7H,1-3H3,(H,18,19). The second-order valence-corrected chi connectivity index (χ2v) is 5.35. The first-order valence-electron chi connectivity index (χ1n) is 5.98. The van der Waals surface area contributed by atoms with Crippen molar-refractivity contribution >= 4 is 34.2 Å². The molecule has 0 aliphatic heterocycles. The number of carbonyl (C=O) groups is 1. The first-order valence-corrected chi connectivity index (χ1v) is 7.06. The zero-order valence-corrected chi connectivity index (χ0v) is 13.6. The van der Waals surface area contributed by atoms with Crippen LogP contribution in [-0.4, -0.2) is 23.0 Å². The first kappa shape index (κ1) is 14.7. The highest BCUT2D eigenvalue weighted by Gasteiger charge is 2.14. The number of ether oxygens (including phenoxy) is 1. The molecule has 0 radical (unpaired) electrons. The summed E-state index contributed by atoms with van der Waals surface area (Å²) in [4.78, 5) is 20.6. The second-order valence-electron chi connectivity index (χ2n) is 4.19. The average Bonchev–Trinajstić information content (AvgIpc) is 2.42. The van der Waals surface area contributed by atoms with Crippen molar-refractivity contribution in [3.05, 3.63) is 44.8 Å². The van der Waals surface area contributed by atoms with E-state index in [4.69, 9.17) is 4.74 Å². The monoisotopic (exact) mass is 383 g/mol. The SMILES string of the molecule is COc1nc(C)c(NC(=O)c2ccccc2I)c(C)n1. The number of nitrogens with zero attached hydrogens (tertiary/aromatic N) is 2. The minimum Gasteiger partial charge on any atom is -0.467 e. The molecule has 5 nitrogen and oxygen atoms in total. The number of halogens is 1. The number of hydrogen-bond acceptors (Lipinski definition) is 4. The second kappa shape index (κ2) is 6.17. The van der Waals surface area contributed by atoms with Crippen molar-refractivity contribution < 1.29 is 9.53 Å². The Morgan fingerprint density at radius 1 is 1.20 bits per heavy atom. The predicted molar refractivity (Wildman–Crippen MR) is 85.2 cm³/mol.